The number of aromatic nitrogens is 3. The first-order chi connectivity index (χ1) is 15.0. The van der Waals surface area contributed by atoms with Crippen molar-refractivity contribution in [2.75, 3.05) is 11.1 Å². The molecule has 0 aliphatic heterocycles. The van der Waals surface area contributed by atoms with Crippen LogP contribution in [-0.2, 0) is 11.3 Å². The van der Waals surface area contributed by atoms with Gasteiger partial charge in [-0.2, -0.15) is 0 Å². The highest BCUT2D eigenvalue weighted by Crippen LogP contribution is 2.30. The van der Waals surface area contributed by atoms with Crippen molar-refractivity contribution in [3.05, 3.63) is 82.8 Å². The third-order valence-electron chi connectivity index (χ3n) is 4.85. The maximum Gasteiger partial charge on any atom is 0.234 e. The minimum absolute atomic E-state index is 0.111. The molecule has 31 heavy (non-hydrogen) atoms. The highest BCUT2D eigenvalue weighted by molar-refractivity contribution is 7.99. The van der Waals surface area contributed by atoms with E-state index in [0.29, 0.717) is 22.5 Å². The summed E-state index contributed by atoms with van der Waals surface area (Å²) in [5.74, 6) is 1.47. The van der Waals surface area contributed by atoms with Crippen LogP contribution >= 0.6 is 23.4 Å². The molecule has 0 unspecified atom stereocenters. The molecule has 0 aliphatic rings. The molecule has 0 spiro atoms. The van der Waals surface area contributed by atoms with Crippen molar-refractivity contribution in [3.63, 3.8) is 0 Å². The number of nitrogens with one attached hydrogen (secondary N) is 1. The average Bonchev–Trinajstić information content (AvgIpc) is 3.40. The third-order valence-corrected chi connectivity index (χ3v) is 6.15. The van der Waals surface area contributed by atoms with E-state index in [9.17, 15) is 4.79 Å². The topological polar surface area (TPSA) is 73.0 Å². The number of hydrogen-bond acceptors (Lipinski definition) is 5. The van der Waals surface area contributed by atoms with E-state index in [-0.39, 0.29) is 11.7 Å². The van der Waals surface area contributed by atoms with Gasteiger partial charge >= 0.3 is 0 Å². The molecule has 0 atom stereocenters. The lowest BCUT2D eigenvalue weighted by atomic mass is 10.1. The summed E-state index contributed by atoms with van der Waals surface area (Å²) >= 11 is 7.71. The van der Waals surface area contributed by atoms with Crippen LogP contribution in [0.5, 0.6) is 0 Å². The van der Waals surface area contributed by atoms with Crippen LogP contribution in [0.15, 0.2) is 70.4 Å². The van der Waals surface area contributed by atoms with Crippen LogP contribution in [0.3, 0.4) is 0 Å². The highest BCUT2D eigenvalue weighted by Gasteiger charge is 2.18. The summed E-state index contributed by atoms with van der Waals surface area (Å²) < 4.78 is 7.42. The molecule has 1 N–H and O–H groups in total. The summed E-state index contributed by atoms with van der Waals surface area (Å²) in [7, 11) is 0. The first-order valence-corrected chi connectivity index (χ1v) is 11.1. The first kappa shape index (κ1) is 21.2. The normalized spacial score (nSPS) is 10.9. The van der Waals surface area contributed by atoms with Crippen molar-refractivity contribution in [1.82, 2.24) is 14.8 Å². The summed E-state index contributed by atoms with van der Waals surface area (Å²) in [6.45, 7) is 4.49. The molecule has 4 aromatic rings. The predicted octanol–water partition coefficient (Wildman–Crippen LogP) is 5.59. The Labute approximate surface area is 189 Å². The lowest BCUT2D eigenvalue weighted by molar-refractivity contribution is -0.113. The maximum atomic E-state index is 12.5. The lowest BCUT2D eigenvalue weighted by Gasteiger charge is -2.10. The smallest absolute Gasteiger partial charge is 0.234 e. The molecule has 1 amide bonds. The Morgan fingerprint density at radius 1 is 1.10 bits per heavy atom. The largest absolute Gasteiger partial charge is 0.467 e. The van der Waals surface area contributed by atoms with Gasteiger partial charge in [-0.3, -0.25) is 9.36 Å². The number of rotatable bonds is 7. The van der Waals surface area contributed by atoms with Crippen LogP contribution < -0.4 is 5.32 Å². The Hall–Kier alpha value is -3.03. The van der Waals surface area contributed by atoms with E-state index in [1.807, 2.05) is 73.0 Å². The van der Waals surface area contributed by atoms with Crippen molar-refractivity contribution in [1.29, 1.82) is 0 Å². The number of nitrogens with zero attached hydrogens (tertiary/aromatic N) is 3. The number of carbonyl (C=O) groups excluding carboxylic acids is 1. The van der Waals surface area contributed by atoms with Gasteiger partial charge in [0.1, 0.15) is 5.76 Å². The van der Waals surface area contributed by atoms with Crippen LogP contribution in [0.4, 0.5) is 5.69 Å². The molecule has 0 bridgehead atoms. The van der Waals surface area contributed by atoms with Crippen LogP contribution in [0.2, 0.25) is 5.02 Å². The number of carbonyl (C=O) groups is 1. The summed E-state index contributed by atoms with van der Waals surface area (Å²) in [5.41, 5.74) is 3.87. The zero-order valence-electron chi connectivity index (χ0n) is 17.1. The number of halogens is 1. The second kappa shape index (κ2) is 9.41. The Balaban J connectivity index is 1.54. The Morgan fingerprint density at radius 3 is 2.68 bits per heavy atom. The molecule has 8 heteroatoms. The van der Waals surface area contributed by atoms with E-state index < -0.39 is 0 Å². The van der Waals surface area contributed by atoms with Crippen molar-refractivity contribution in [2.24, 2.45) is 0 Å². The fraction of sp³-hybridized carbons (Fsp3) is 0.174. The quantitative estimate of drug-likeness (QED) is 0.370. The number of thioether (sulfide) groups is 1. The summed E-state index contributed by atoms with van der Waals surface area (Å²) in [6.07, 6.45) is 1.62. The summed E-state index contributed by atoms with van der Waals surface area (Å²) in [6, 6.07) is 17.1. The molecule has 2 aromatic carbocycles. The fourth-order valence-electron chi connectivity index (χ4n) is 3.08. The maximum absolute atomic E-state index is 12.5. The molecule has 0 radical (unpaired) electrons. The molecule has 4 rings (SSSR count). The molecule has 0 saturated heterocycles. The van der Waals surface area contributed by atoms with Gasteiger partial charge in [-0.05, 0) is 61.4 Å². The van der Waals surface area contributed by atoms with E-state index in [4.69, 9.17) is 16.0 Å². The monoisotopic (exact) mass is 452 g/mol. The molecule has 0 aliphatic carbocycles. The second-order valence-electron chi connectivity index (χ2n) is 7.09. The van der Waals surface area contributed by atoms with Gasteiger partial charge in [-0.15, -0.1) is 10.2 Å². The first-order valence-electron chi connectivity index (χ1n) is 9.71. The lowest BCUT2D eigenvalue weighted by Crippen LogP contribution is -2.15. The third kappa shape index (κ3) is 5.00. The van der Waals surface area contributed by atoms with Gasteiger partial charge in [0.2, 0.25) is 5.91 Å². The van der Waals surface area contributed by atoms with Gasteiger partial charge in [0.25, 0.3) is 0 Å². The van der Waals surface area contributed by atoms with Crippen LogP contribution in [0.25, 0.3) is 11.4 Å². The van der Waals surface area contributed by atoms with Crippen LogP contribution in [0, 0.1) is 13.8 Å². The molecule has 6 nitrogen and oxygen atoms in total. The van der Waals surface area contributed by atoms with Crippen LogP contribution in [0.1, 0.15) is 16.9 Å². The van der Waals surface area contributed by atoms with E-state index in [2.05, 4.69) is 15.5 Å². The number of amides is 1. The Morgan fingerprint density at radius 2 is 1.94 bits per heavy atom. The average molecular weight is 453 g/mol. The summed E-state index contributed by atoms with van der Waals surface area (Å²) in [4.78, 5) is 12.5. The SMILES string of the molecule is Cc1ccc(NC(=O)CSc2nnc(-c3ccccc3Cl)n2Cc2ccco2)cc1C. The fourth-order valence-corrected chi connectivity index (χ4v) is 4.04. The molecule has 0 fully saturated rings. The van der Waals surface area contributed by atoms with Gasteiger partial charge < -0.3 is 9.73 Å². The van der Waals surface area contributed by atoms with Crippen LogP contribution in [-0.4, -0.2) is 26.4 Å². The standard InChI is InChI=1S/C23H21ClN4O2S/c1-15-9-10-17(12-16(15)2)25-21(29)14-31-23-27-26-22(19-7-3-4-8-20(19)24)28(23)13-18-6-5-11-30-18/h3-12H,13-14H2,1-2H3,(H,25,29). The second-order valence-corrected chi connectivity index (χ2v) is 8.44. The van der Waals surface area contributed by atoms with Gasteiger partial charge in [0, 0.05) is 11.3 Å². The highest BCUT2D eigenvalue weighted by atomic mass is 35.5. The number of benzene rings is 2. The molecule has 0 saturated carbocycles. The summed E-state index contributed by atoms with van der Waals surface area (Å²) in [5, 5.41) is 12.8. The zero-order chi connectivity index (χ0) is 21.8. The molecular formula is C23H21ClN4O2S. The number of hydrogen-bond donors (Lipinski definition) is 1. The molecular weight excluding hydrogens is 432 g/mol. The predicted molar refractivity (Wildman–Crippen MR) is 124 cm³/mol. The van der Waals surface area contributed by atoms with Crippen molar-refractivity contribution < 1.29 is 9.21 Å². The Kier molecular flexibility index (Phi) is 6.44. The van der Waals surface area contributed by atoms with Crippen molar-refractivity contribution in [3.8, 4) is 11.4 Å². The van der Waals surface area contributed by atoms with E-state index in [1.165, 1.54) is 17.3 Å². The van der Waals surface area contributed by atoms with Gasteiger partial charge in [-0.1, -0.05) is 41.6 Å². The minimum Gasteiger partial charge on any atom is -0.467 e. The van der Waals surface area contributed by atoms with Gasteiger partial charge in [-0.25, -0.2) is 0 Å². The Bertz CT molecular complexity index is 1200. The number of furan rings is 1. The molecule has 158 valence electrons. The van der Waals surface area contributed by atoms with E-state index in [1.54, 1.807) is 6.26 Å². The molecule has 2 heterocycles. The van der Waals surface area contributed by atoms with Crippen molar-refractivity contribution in [2.45, 2.75) is 25.5 Å². The minimum atomic E-state index is -0.111. The van der Waals surface area contributed by atoms with Gasteiger partial charge in [0.05, 0.1) is 23.6 Å². The van der Waals surface area contributed by atoms with Gasteiger partial charge in [0.15, 0.2) is 11.0 Å². The van der Waals surface area contributed by atoms with Crippen molar-refractivity contribution >= 4 is 35.0 Å². The number of anilines is 1. The number of aryl methyl sites for hydroxylation is 2. The van der Waals surface area contributed by atoms with E-state index >= 15 is 0 Å². The van der Waals surface area contributed by atoms with E-state index in [0.717, 1.165) is 22.6 Å². The molecule has 2 aromatic heterocycles. The zero-order valence-corrected chi connectivity index (χ0v) is 18.7.